The molecule has 21 heavy (non-hydrogen) atoms. The Morgan fingerprint density at radius 3 is 2.14 bits per heavy atom. The van der Waals surface area contributed by atoms with Gasteiger partial charge in [0, 0.05) is 13.0 Å². The van der Waals surface area contributed by atoms with Gasteiger partial charge in [0.1, 0.15) is 0 Å². The van der Waals surface area contributed by atoms with E-state index in [0.717, 1.165) is 38.8 Å². The average Bonchev–Trinajstić information content (AvgIpc) is 2.45. The molecule has 0 heterocycles. The molecule has 0 aliphatic heterocycles. The molecule has 0 fully saturated rings. The fraction of sp³-hybridized carbons (Fsp3) is 0.684. The van der Waals surface area contributed by atoms with Gasteiger partial charge in [-0.15, -0.1) is 0 Å². The maximum atomic E-state index is 6.44. The SMILES string of the molecule is CCCC(CCC)(Cc1ccccc1)OCCCN(C)C. The van der Waals surface area contributed by atoms with Crippen molar-refractivity contribution in [3.8, 4) is 0 Å². The van der Waals surface area contributed by atoms with Crippen molar-refractivity contribution >= 4 is 0 Å². The Balaban J connectivity index is 2.67. The van der Waals surface area contributed by atoms with Crippen LogP contribution in [0.5, 0.6) is 0 Å². The van der Waals surface area contributed by atoms with Gasteiger partial charge < -0.3 is 9.64 Å². The lowest BCUT2D eigenvalue weighted by Crippen LogP contribution is -2.36. The summed E-state index contributed by atoms with van der Waals surface area (Å²) in [5, 5.41) is 0. The van der Waals surface area contributed by atoms with Crippen molar-refractivity contribution < 1.29 is 4.74 Å². The van der Waals surface area contributed by atoms with Gasteiger partial charge in [-0.1, -0.05) is 57.0 Å². The standard InChI is InChI=1S/C19H33NO/c1-5-13-19(14-6-2,21-16-10-15-20(3)4)17-18-11-8-7-9-12-18/h7-9,11-12H,5-6,10,13-17H2,1-4H3. The van der Waals surface area contributed by atoms with Crippen LogP contribution in [0.1, 0.15) is 51.5 Å². The molecule has 1 aromatic rings. The van der Waals surface area contributed by atoms with Crippen LogP contribution in [0.2, 0.25) is 0 Å². The maximum absolute atomic E-state index is 6.44. The third kappa shape index (κ3) is 7.10. The number of hydrogen-bond donors (Lipinski definition) is 0. The first-order valence-corrected chi connectivity index (χ1v) is 8.44. The lowest BCUT2D eigenvalue weighted by molar-refractivity contribution is -0.0603. The molecule has 0 atom stereocenters. The summed E-state index contributed by atoms with van der Waals surface area (Å²) in [4.78, 5) is 2.22. The van der Waals surface area contributed by atoms with Crippen molar-refractivity contribution in [2.75, 3.05) is 27.2 Å². The van der Waals surface area contributed by atoms with Gasteiger partial charge in [-0.3, -0.25) is 0 Å². The Labute approximate surface area is 131 Å². The number of benzene rings is 1. The van der Waals surface area contributed by atoms with Crippen molar-refractivity contribution in [2.45, 2.75) is 58.0 Å². The van der Waals surface area contributed by atoms with E-state index in [1.807, 2.05) is 0 Å². The zero-order valence-electron chi connectivity index (χ0n) is 14.4. The van der Waals surface area contributed by atoms with Crippen LogP contribution >= 0.6 is 0 Å². The highest BCUT2D eigenvalue weighted by atomic mass is 16.5. The van der Waals surface area contributed by atoms with E-state index in [9.17, 15) is 0 Å². The van der Waals surface area contributed by atoms with Gasteiger partial charge in [-0.25, -0.2) is 0 Å². The first-order valence-electron chi connectivity index (χ1n) is 8.44. The number of rotatable bonds is 11. The second-order valence-electron chi connectivity index (χ2n) is 6.35. The molecule has 0 saturated carbocycles. The Morgan fingerprint density at radius 2 is 1.62 bits per heavy atom. The highest BCUT2D eigenvalue weighted by Gasteiger charge is 2.29. The van der Waals surface area contributed by atoms with Crippen LogP contribution in [0.3, 0.4) is 0 Å². The van der Waals surface area contributed by atoms with Crippen LogP contribution in [0.4, 0.5) is 0 Å². The van der Waals surface area contributed by atoms with Gasteiger partial charge >= 0.3 is 0 Å². The van der Waals surface area contributed by atoms with E-state index >= 15 is 0 Å². The molecule has 0 unspecified atom stereocenters. The molecule has 2 heteroatoms. The predicted octanol–water partition coefficient (Wildman–Crippen LogP) is 4.54. The van der Waals surface area contributed by atoms with Crippen LogP contribution in [-0.4, -0.2) is 37.7 Å². The number of nitrogens with zero attached hydrogens (tertiary/aromatic N) is 1. The summed E-state index contributed by atoms with van der Waals surface area (Å²) in [7, 11) is 4.24. The summed E-state index contributed by atoms with van der Waals surface area (Å²) >= 11 is 0. The quantitative estimate of drug-likeness (QED) is 0.555. The molecular weight excluding hydrogens is 258 g/mol. The minimum absolute atomic E-state index is 0.0250. The van der Waals surface area contributed by atoms with Gasteiger partial charge in [0.05, 0.1) is 5.60 Å². The van der Waals surface area contributed by atoms with E-state index in [1.54, 1.807) is 0 Å². The van der Waals surface area contributed by atoms with Gasteiger partial charge in [-0.05, 0) is 45.5 Å². The van der Waals surface area contributed by atoms with Gasteiger partial charge in [0.25, 0.3) is 0 Å². The Morgan fingerprint density at radius 1 is 1.00 bits per heavy atom. The van der Waals surface area contributed by atoms with Crippen molar-refractivity contribution in [3.05, 3.63) is 35.9 Å². The van der Waals surface area contributed by atoms with Crippen LogP contribution < -0.4 is 0 Å². The summed E-state index contributed by atoms with van der Waals surface area (Å²) in [5.41, 5.74) is 1.42. The van der Waals surface area contributed by atoms with Gasteiger partial charge in [0.2, 0.25) is 0 Å². The fourth-order valence-corrected chi connectivity index (χ4v) is 3.05. The molecule has 0 N–H and O–H groups in total. The Kier molecular flexibility index (Phi) is 8.63. The van der Waals surface area contributed by atoms with Crippen LogP contribution in [-0.2, 0) is 11.2 Å². The molecule has 0 saturated heterocycles. The third-order valence-electron chi connectivity index (χ3n) is 3.94. The number of ether oxygens (including phenoxy) is 1. The first-order chi connectivity index (χ1) is 10.1. The predicted molar refractivity (Wildman–Crippen MR) is 91.8 cm³/mol. The second-order valence-corrected chi connectivity index (χ2v) is 6.35. The zero-order valence-corrected chi connectivity index (χ0v) is 14.4. The third-order valence-corrected chi connectivity index (χ3v) is 3.94. The van der Waals surface area contributed by atoms with E-state index in [4.69, 9.17) is 4.74 Å². The van der Waals surface area contributed by atoms with Crippen molar-refractivity contribution in [2.24, 2.45) is 0 Å². The average molecular weight is 291 g/mol. The van der Waals surface area contributed by atoms with Crippen LogP contribution in [0.25, 0.3) is 0 Å². The molecule has 0 bridgehead atoms. The minimum Gasteiger partial charge on any atom is -0.375 e. The van der Waals surface area contributed by atoms with E-state index in [1.165, 1.54) is 18.4 Å². The van der Waals surface area contributed by atoms with Crippen molar-refractivity contribution in [3.63, 3.8) is 0 Å². The topological polar surface area (TPSA) is 12.5 Å². The molecule has 0 spiro atoms. The summed E-state index contributed by atoms with van der Waals surface area (Å²) in [6.07, 6.45) is 6.81. The monoisotopic (exact) mass is 291 g/mol. The molecule has 120 valence electrons. The van der Waals surface area contributed by atoms with E-state index < -0.39 is 0 Å². The highest BCUT2D eigenvalue weighted by molar-refractivity contribution is 5.17. The number of hydrogen-bond acceptors (Lipinski definition) is 2. The maximum Gasteiger partial charge on any atom is 0.0722 e. The molecule has 0 amide bonds. The summed E-state index contributed by atoms with van der Waals surface area (Å²) in [5.74, 6) is 0. The van der Waals surface area contributed by atoms with E-state index in [-0.39, 0.29) is 5.60 Å². The Hall–Kier alpha value is -0.860. The first kappa shape index (κ1) is 18.2. The summed E-state index contributed by atoms with van der Waals surface area (Å²) in [6, 6.07) is 10.8. The molecule has 0 aromatic heterocycles. The Bertz CT molecular complexity index is 355. The molecule has 0 radical (unpaired) electrons. The summed E-state index contributed by atoms with van der Waals surface area (Å²) < 4.78 is 6.44. The van der Waals surface area contributed by atoms with E-state index in [2.05, 4.69) is 63.2 Å². The van der Waals surface area contributed by atoms with E-state index in [0.29, 0.717) is 0 Å². The second kappa shape index (κ2) is 9.97. The largest absolute Gasteiger partial charge is 0.375 e. The molecular formula is C19H33NO. The molecule has 1 rings (SSSR count). The molecule has 0 aliphatic rings. The van der Waals surface area contributed by atoms with Crippen molar-refractivity contribution in [1.29, 1.82) is 0 Å². The summed E-state index contributed by atoms with van der Waals surface area (Å²) in [6.45, 7) is 6.49. The van der Waals surface area contributed by atoms with Crippen LogP contribution in [0.15, 0.2) is 30.3 Å². The fourth-order valence-electron chi connectivity index (χ4n) is 3.05. The lowest BCUT2D eigenvalue weighted by atomic mass is 9.86. The normalized spacial score (nSPS) is 12.0. The highest BCUT2D eigenvalue weighted by Crippen LogP contribution is 2.29. The van der Waals surface area contributed by atoms with Crippen molar-refractivity contribution in [1.82, 2.24) is 4.90 Å². The molecule has 0 aliphatic carbocycles. The zero-order chi connectivity index (χ0) is 15.6. The lowest BCUT2D eigenvalue weighted by Gasteiger charge is -2.34. The minimum atomic E-state index is 0.0250. The smallest absolute Gasteiger partial charge is 0.0722 e. The molecule has 1 aromatic carbocycles. The van der Waals surface area contributed by atoms with Crippen LogP contribution in [0, 0.1) is 0 Å². The molecule has 2 nitrogen and oxygen atoms in total. The van der Waals surface area contributed by atoms with Gasteiger partial charge in [-0.2, -0.15) is 0 Å². The van der Waals surface area contributed by atoms with Gasteiger partial charge in [0.15, 0.2) is 0 Å².